The van der Waals surface area contributed by atoms with Gasteiger partial charge >= 0.3 is 0 Å². The monoisotopic (exact) mass is 413 g/mol. The molecular weight excluding hydrogens is 378 g/mol. The van der Waals surface area contributed by atoms with Gasteiger partial charge in [-0.15, -0.1) is 0 Å². The van der Waals surface area contributed by atoms with Crippen LogP contribution in [0.3, 0.4) is 0 Å². The minimum absolute atomic E-state index is 0.449. The summed E-state index contributed by atoms with van der Waals surface area (Å²) in [6, 6.07) is 6.96. The number of aldehydes is 1. The van der Waals surface area contributed by atoms with Crippen molar-refractivity contribution in [1.29, 1.82) is 0 Å². The average molecular weight is 414 g/mol. The lowest BCUT2D eigenvalue weighted by Gasteiger charge is -2.10. The van der Waals surface area contributed by atoms with Crippen molar-refractivity contribution in [2.75, 3.05) is 93.3 Å². The third-order valence-electron chi connectivity index (χ3n) is 3.68. The molecular formula is C21H35NO7. The quantitative estimate of drug-likeness (QED) is 0.235. The van der Waals surface area contributed by atoms with Crippen LogP contribution in [-0.4, -0.2) is 105 Å². The van der Waals surface area contributed by atoms with Crippen LogP contribution in [0.4, 0.5) is 0 Å². The molecule has 0 aliphatic carbocycles. The van der Waals surface area contributed by atoms with Gasteiger partial charge in [0.1, 0.15) is 18.6 Å². The fourth-order valence-corrected chi connectivity index (χ4v) is 2.09. The maximum Gasteiger partial charge on any atom is 0.150 e. The van der Waals surface area contributed by atoms with Gasteiger partial charge in [0.05, 0.1) is 66.1 Å². The third kappa shape index (κ3) is 16.0. The second kappa shape index (κ2) is 18.5. The number of nitrogens with zero attached hydrogens (tertiary/aromatic N) is 1. The van der Waals surface area contributed by atoms with Gasteiger partial charge in [-0.3, -0.25) is 4.79 Å². The van der Waals surface area contributed by atoms with E-state index in [1.54, 1.807) is 24.3 Å². The molecule has 1 aromatic rings. The number of hydrogen-bond donors (Lipinski definition) is 0. The first-order valence-electron chi connectivity index (χ1n) is 9.94. The SMILES string of the molecule is CN(C)CCOCCOCCOCCOCCOCCOc1ccc(C=O)cc1. The van der Waals surface area contributed by atoms with Gasteiger partial charge in [0.2, 0.25) is 0 Å². The highest BCUT2D eigenvalue weighted by atomic mass is 16.6. The molecule has 0 atom stereocenters. The summed E-state index contributed by atoms with van der Waals surface area (Å²) in [6.45, 7) is 6.92. The van der Waals surface area contributed by atoms with Gasteiger partial charge in [-0.25, -0.2) is 0 Å². The highest BCUT2D eigenvalue weighted by Crippen LogP contribution is 2.10. The molecule has 0 aromatic heterocycles. The molecule has 0 saturated carbocycles. The fraction of sp³-hybridized carbons (Fsp3) is 0.667. The summed E-state index contributed by atoms with van der Waals surface area (Å²) in [4.78, 5) is 12.6. The Kier molecular flexibility index (Phi) is 16.2. The lowest BCUT2D eigenvalue weighted by Crippen LogP contribution is -2.19. The molecule has 0 N–H and O–H groups in total. The highest BCUT2D eigenvalue weighted by molar-refractivity contribution is 5.74. The number of ether oxygens (including phenoxy) is 6. The smallest absolute Gasteiger partial charge is 0.150 e. The van der Waals surface area contributed by atoms with E-state index in [9.17, 15) is 4.79 Å². The molecule has 0 radical (unpaired) electrons. The van der Waals surface area contributed by atoms with Crippen molar-refractivity contribution < 1.29 is 33.2 Å². The Bertz CT molecular complexity index is 496. The predicted molar refractivity (Wildman–Crippen MR) is 110 cm³/mol. The van der Waals surface area contributed by atoms with Crippen molar-refractivity contribution in [3.8, 4) is 5.75 Å². The molecule has 0 unspecified atom stereocenters. The Morgan fingerprint density at radius 1 is 0.655 bits per heavy atom. The summed E-state index contributed by atoms with van der Waals surface area (Å²) in [5, 5.41) is 0. The highest BCUT2D eigenvalue weighted by Gasteiger charge is 1.96. The third-order valence-corrected chi connectivity index (χ3v) is 3.68. The Balaban J connectivity index is 1.74. The van der Waals surface area contributed by atoms with Crippen LogP contribution >= 0.6 is 0 Å². The predicted octanol–water partition coefficient (Wildman–Crippen LogP) is 1.52. The van der Waals surface area contributed by atoms with Crippen LogP contribution in [-0.2, 0) is 23.7 Å². The second-order valence-electron chi connectivity index (χ2n) is 6.40. The lowest BCUT2D eigenvalue weighted by atomic mass is 10.2. The first-order chi connectivity index (χ1) is 14.2. The molecule has 0 amide bonds. The summed E-state index contributed by atoms with van der Waals surface area (Å²) in [6.07, 6.45) is 0.802. The lowest BCUT2D eigenvalue weighted by molar-refractivity contribution is -0.0132. The standard InChI is InChI=1S/C21H35NO7/c1-22(2)7-8-24-9-10-25-11-12-26-13-14-27-15-16-28-17-18-29-21-5-3-20(19-23)4-6-21/h3-6,19H,7-18H2,1-2H3. The number of carbonyl (C=O) groups excluding carboxylic acids is 1. The zero-order valence-electron chi connectivity index (χ0n) is 17.7. The van der Waals surface area contributed by atoms with Crippen LogP contribution in [0.1, 0.15) is 10.4 Å². The van der Waals surface area contributed by atoms with Gasteiger partial charge < -0.3 is 33.3 Å². The molecule has 0 saturated heterocycles. The maximum atomic E-state index is 10.6. The second-order valence-corrected chi connectivity index (χ2v) is 6.40. The zero-order chi connectivity index (χ0) is 21.0. The first kappa shape index (κ1) is 25.5. The Hall–Kier alpha value is -1.55. The minimum Gasteiger partial charge on any atom is -0.491 e. The van der Waals surface area contributed by atoms with Crippen molar-refractivity contribution in [3.05, 3.63) is 29.8 Å². The van der Waals surface area contributed by atoms with Crippen molar-refractivity contribution in [2.45, 2.75) is 0 Å². The van der Waals surface area contributed by atoms with Crippen molar-refractivity contribution >= 4 is 6.29 Å². The molecule has 0 spiro atoms. The number of hydrogen-bond acceptors (Lipinski definition) is 8. The topological polar surface area (TPSA) is 75.7 Å². The van der Waals surface area contributed by atoms with E-state index in [2.05, 4.69) is 4.90 Å². The minimum atomic E-state index is 0.449. The van der Waals surface area contributed by atoms with Crippen LogP contribution in [0.2, 0.25) is 0 Å². The molecule has 166 valence electrons. The molecule has 0 fully saturated rings. The van der Waals surface area contributed by atoms with Crippen molar-refractivity contribution in [3.63, 3.8) is 0 Å². The molecule has 29 heavy (non-hydrogen) atoms. The van der Waals surface area contributed by atoms with Gasteiger partial charge in [0, 0.05) is 12.1 Å². The summed E-state index contributed by atoms with van der Waals surface area (Å²) < 4.78 is 32.6. The Morgan fingerprint density at radius 3 is 1.48 bits per heavy atom. The molecule has 0 bridgehead atoms. The number of likely N-dealkylation sites (N-methyl/N-ethyl adjacent to an activating group) is 1. The van der Waals surface area contributed by atoms with E-state index in [1.807, 2.05) is 14.1 Å². The first-order valence-corrected chi connectivity index (χ1v) is 9.94. The van der Waals surface area contributed by atoms with Crippen molar-refractivity contribution in [2.24, 2.45) is 0 Å². The van der Waals surface area contributed by atoms with E-state index < -0.39 is 0 Å². The Labute approximate surface area is 174 Å². The number of benzene rings is 1. The van der Waals surface area contributed by atoms with E-state index in [0.29, 0.717) is 77.4 Å². The summed E-state index contributed by atoms with van der Waals surface area (Å²) in [7, 11) is 4.03. The average Bonchev–Trinajstić information content (AvgIpc) is 2.73. The van der Waals surface area contributed by atoms with Crippen molar-refractivity contribution in [1.82, 2.24) is 4.90 Å². The largest absolute Gasteiger partial charge is 0.491 e. The molecule has 1 rings (SSSR count). The molecule has 8 heteroatoms. The van der Waals surface area contributed by atoms with E-state index >= 15 is 0 Å². The molecule has 0 heterocycles. The van der Waals surface area contributed by atoms with Gasteiger partial charge in [0.25, 0.3) is 0 Å². The summed E-state index contributed by atoms with van der Waals surface area (Å²) in [5.74, 6) is 0.716. The molecule has 8 nitrogen and oxygen atoms in total. The van der Waals surface area contributed by atoms with Gasteiger partial charge in [-0.05, 0) is 38.4 Å². The summed E-state index contributed by atoms with van der Waals surface area (Å²) >= 11 is 0. The summed E-state index contributed by atoms with van der Waals surface area (Å²) in [5.41, 5.74) is 0.628. The van der Waals surface area contributed by atoms with Crippen LogP contribution in [0, 0.1) is 0 Å². The normalized spacial score (nSPS) is 11.1. The van der Waals surface area contributed by atoms with Gasteiger partial charge in [-0.2, -0.15) is 0 Å². The van der Waals surface area contributed by atoms with E-state index in [4.69, 9.17) is 28.4 Å². The maximum absolute atomic E-state index is 10.6. The fourth-order valence-electron chi connectivity index (χ4n) is 2.09. The number of carbonyl (C=O) groups is 1. The van der Waals surface area contributed by atoms with Crippen LogP contribution < -0.4 is 4.74 Å². The van der Waals surface area contributed by atoms with Gasteiger partial charge in [-0.1, -0.05) is 0 Å². The van der Waals surface area contributed by atoms with Crippen LogP contribution in [0.25, 0.3) is 0 Å². The van der Waals surface area contributed by atoms with Crippen LogP contribution in [0.15, 0.2) is 24.3 Å². The van der Waals surface area contributed by atoms with E-state index in [0.717, 1.165) is 19.4 Å². The van der Waals surface area contributed by atoms with E-state index in [-0.39, 0.29) is 0 Å². The number of rotatable bonds is 20. The molecule has 1 aromatic carbocycles. The van der Waals surface area contributed by atoms with E-state index in [1.165, 1.54) is 0 Å². The molecule has 0 aliphatic rings. The van der Waals surface area contributed by atoms with Gasteiger partial charge in [0.15, 0.2) is 0 Å². The van der Waals surface area contributed by atoms with Crippen LogP contribution in [0.5, 0.6) is 5.75 Å². The molecule has 0 aliphatic heterocycles. The Morgan fingerprint density at radius 2 is 1.07 bits per heavy atom. The zero-order valence-corrected chi connectivity index (χ0v) is 17.7.